The van der Waals surface area contributed by atoms with E-state index in [1.54, 1.807) is 5.38 Å². The Hall–Kier alpha value is -0.420. The van der Waals surface area contributed by atoms with E-state index in [2.05, 4.69) is 20.9 Å². The van der Waals surface area contributed by atoms with Gasteiger partial charge in [-0.25, -0.2) is 0 Å². The lowest BCUT2D eigenvalue weighted by Gasteiger charge is -1.96. The van der Waals surface area contributed by atoms with Crippen LogP contribution < -0.4 is 4.74 Å². The predicted octanol–water partition coefficient (Wildman–Crippen LogP) is 2.61. The minimum Gasteiger partial charge on any atom is -0.406 e. The van der Waals surface area contributed by atoms with E-state index in [1.807, 2.05) is 6.92 Å². The lowest BCUT2D eigenvalue weighted by molar-refractivity contribution is -0.134. The van der Waals surface area contributed by atoms with Gasteiger partial charge in [-0.3, -0.25) is 4.79 Å². The average molecular weight is 250 g/mol. The lowest BCUT2D eigenvalue weighted by atomic mass is 10.3. The Balaban J connectivity index is 2.46. The number of carbonyl (C=O) groups is 1. The fourth-order valence-electron chi connectivity index (χ4n) is 0.657. The number of thiazole rings is 1. The maximum atomic E-state index is 10.9. The van der Waals surface area contributed by atoms with Crippen LogP contribution in [-0.2, 0) is 4.79 Å². The molecule has 0 spiro atoms. The molecule has 1 aromatic rings. The van der Waals surface area contributed by atoms with Gasteiger partial charge in [-0.15, -0.1) is 11.3 Å². The van der Waals surface area contributed by atoms with E-state index < -0.39 is 0 Å². The third-order valence-corrected chi connectivity index (χ3v) is 2.47. The summed E-state index contributed by atoms with van der Waals surface area (Å²) in [5.41, 5.74) is 0. The van der Waals surface area contributed by atoms with Gasteiger partial charge in [0.05, 0.1) is 5.38 Å². The zero-order valence-corrected chi connectivity index (χ0v) is 8.94. The summed E-state index contributed by atoms with van der Waals surface area (Å²) in [4.78, 5) is 14.9. The summed E-state index contributed by atoms with van der Waals surface area (Å²) in [5.74, 6) is 0.153. The molecule has 3 nitrogen and oxygen atoms in total. The van der Waals surface area contributed by atoms with Crippen LogP contribution in [0.3, 0.4) is 0 Å². The molecular formula is C7H8BrNO2S. The highest BCUT2D eigenvalue weighted by atomic mass is 79.9. The Morgan fingerprint density at radius 3 is 3.08 bits per heavy atom. The van der Waals surface area contributed by atoms with Crippen LogP contribution in [0.15, 0.2) is 9.30 Å². The largest absolute Gasteiger partial charge is 0.406 e. The van der Waals surface area contributed by atoms with Gasteiger partial charge in [0.15, 0.2) is 3.92 Å². The van der Waals surface area contributed by atoms with Gasteiger partial charge in [0, 0.05) is 6.42 Å². The predicted molar refractivity (Wildman–Crippen MR) is 50.4 cm³/mol. The Labute approximate surface area is 82.9 Å². The van der Waals surface area contributed by atoms with Crippen LogP contribution in [0.5, 0.6) is 5.88 Å². The Morgan fingerprint density at radius 2 is 2.58 bits per heavy atom. The first-order chi connectivity index (χ1) is 5.72. The van der Waals surface area contributed by atoms with Crippen molar-refractivity contribution >= 4 is 33.2 Å². The van der Waals surface area contributed by atoms with Gasteiger partial charge in [-0.05, 0) is 22.4 Å². The number of nitrogens with zero attached hydrogens (tertiary/aromatic N) is 1. The highest BCUT2D eigenvalue weighted by Gasteiger charge is 2.05. The van der Waals surface area contributed by atoms with Crippen LogP contribution in [0.25, 0.3) is 0 Å². The zero-order chi connectivity index (χ0) is 8.97. The number of esters is 1. The summed E-state index contributed by atoms with van der Waals surface area (Å²) in [6, 6.07) is 0. The summed E-state index contributed by atoms with van der Waals surface area (Å²) < 4.78 is 5.63. The van der Waals surface area contributed by atoms with Crippen LogP contribution in [0.2, 0.25) is 0 Å². The molecule has 0 saturated heterocycles. The molecule has 0 aliphatic heterocycles. The van der Waals surface area contributed by atoms with Crippen molar-refractivity contribution in [2.45, 2.75) is 19.8 Å². The molecule has 0 aliphatic carbocycles. The first kappa shape index (κ1) is 9.67. The molecule has 0 saturated carbocycles. The van der Waals surface area contributed by atoms with Crippen LogP contribution >= 0.6 is 27.3 Å². The molecule has 0 aliphatic rings. The normalized spacial score (nSPS) is 9.83. The van der Waals surface area contributed by atoms with Gasteiger partial charge < -0.3 is 4.74 Å². The number of aromatic nitrogens is 1. The highest BCUT2D eigenvalue weighted by molar-refractivity contribution is 9.11. The number of ether oxygens (including phenoxy) is 1. The standard InChI is InChI=1S/C7H8BrNO2S/c1-2-3-6(10)11-5-4-12-7(8)9-5/h4H,2-3H2,1H3. The molecule has 0 unspecified atom stereocenters. The molecule has 5 heteroatoms. The molecule has 1 rings (SSSR count). The molecule has 0 radical (unpaired) electrons. The number of rotatable bonds is 3. The van der Waals surface area contributed by atoms with Gasteiger partial charge in [-0.2, -0.15) is 4.98 Å². The molecule has 0 aromatic carbocycles. The molecular weight excluding hydrogens is 242 g/mol. The molecule has 0 atom stereocenters. The van der Waals surface area contributed by atoms with Crippen molar-refractivity contribution < 1.29 is 9.53 Å². The quantitative estimate of drug-likeness (QED) is 0.774. The van der Waals surface area contributed by atoms with E-state index in [0.717, 1.165) is 10.3 Å². The maximum Gasteiger partial charge on any atom is 0.312 e. The maximum absolute atomic E-state index is 10.9. The van der Waals surface area contributed by atoms with Crippen LogP contribution in [0.4, 0.5) is 0 Å². The SMILES string of the molecule is CCCC(=O)Oc1csc(Br)n1. The van der Waals surface area contributed by atoms with E-state index in [1.165, 1.54) is 11.3 Å². The second kappa shape index (κ2) is 4.57. The topological polar surface area (TPSA) is 39.2 Å². The third kappa shape index (κ3) is 2.91. The average Bonchev–Trinajstić information content (AvgIpc) is 2.36. The fourth-order valence-corrected chi connectivity index (χ4v) is 1.55. The molecule has 0 fully saturated rings. The van der Waals surface area contributed by atoms with E-state index in [9.17, 15) is 4.79 Å². The smallest absolute Gasteiger partial charge is 0.312 e. The van der Waals surface area contributed by atoms with Crippen molar-refractivity contribution in [1.82, 2.24) is 4.98 Å². The number of halogens is 1. The first-order valence-corrected chi connectivity index (χ1v) is 5.21. The van der Waals surface area contributed by atoms with Gasteiger partial charge in [0.25, 0.3) is 0 Å². The Kier molecular flexibility index (Phi) is 3.68. The van der Waals surface area contributed by atoms with Crippen LogP contribution in [0, 0.1) is 0 Å². The van der Waals surface area contributed by atoms with Crippen LogP contribution in [0.1, 0.15) is 19.8 Å². The molecule has 0 amide bonds. The zero-order valence-electron chi connectivity index (χ0n) is 6.54. The molecule has 1 heterocycles. The summed E-state index contributed by atoms with van der Waals surface area (Å²) in [7, 11) is 0. The van der Waals surface area contributed by atoms with E-state index in [0.29, 0.717) is 12.3 Å². The molecule has 1 aromatic heterocycles. The van der Waals surface area contributed by atoms with Crippen LogP contribution in [-0.4, -0.2) is 11.0 Å². The molecule has 0 bridgehead atoms. The summed E-state index contributed by atoms with van der Waals surface area (Å²) in [6.07, 6.45) is 1.24. The minimum atomic E-state index is -0.227. The number of hydrogen-bond acceptors (Lipinski definition) is 4. The number of carbonyl (C=O) groups excluding carboxylic acids is 1. The van der Waals surface area contributed by atoms with Crippen molar-refractivity contribution in [1.29, 1.82) is 0 Å². The van der Waals surface area contributed by atoms with E-state index >= 15 is 0 Å². The second-order valence-corrected chi connectivity index (χ2v) is 4.30. The van der Waals surface area contributed by atoms with Crippen molar-refractivity contribution in [2.75, 3.05) is 0 Å². The summed E-state index contributed by atoms with van der Waals surface area (Å²) in [6.45, 7) is 1.93. The van der Waals surface area contributed by atoms with E-state index in [-0.39, 0.29) is 5.97 Å². The minimum absolute atomic E-state index is 0.227. The summed E-state index contributed by atoms with van der Waals surface area (Å²) in [5, 5.41) is 1.69. The Bertz CT molecular complexity index is 274. The van der Waals surface area contributed by atoms with Gasteiger partial charge in [0.1, 0.15) is 0 Å². The summed E-state index contributed by atoms with van der Waals surface area (Å²) >= 11 is 4.57. The fraction of sp³-hybridized carbons (Fsp3) is 0.429. The number of hydrogen-bond donors (Lipinski definition) is 0. The van der Waals surface area contributed by atoms with Gasteiger partial charge in [0.2, 0.25) is 5.88 Å². The van der Waals surface area contributed by atoms with Crippen molar-refractivity contribution in [3.05, 3.63) is 9.30 Å². The monoisotopic (exact) mass is 249 g/mol. The van der Waals surface area contributed by atoms with Crippen molar-refractivity contribution in [3.63, 3.8) is 0 Å². The lowest BCUT2D eigenvalue weighted by Crippen LogP contribution is -2.06. The highest BCUT2D eigenvalue weighted by Crippen LogP contribution is 2.21. The molecule has 66 valence electrons. The second-order valence-electron chi connectivity index (χ2n) is 2.16. The van der Waals surface area contributed by atoms with Gasteiger partial charge in [-0.1, -0.05) is 6.92 Å². The Morgan fingerprint density at radius 1 is 1.83 bits per heavy atom. The molecule has 0 N–H and O–H groups in total. The van der Waals surface area contributed by atoms with Crippen molar-refractivity contribution in [3.8, 4) is 5.88 Å². The van der Waals surface area contributed by atoms with E-state index in [4.69, 9.17) is 4.74 Å². The third-order valence-electron chi connectivity index (χ3n) is 1.13. The first-order valence-electron chi connectivity index (χ1n) is 3.54. The molecule has 12 heavy (non-hydrogen) atoms. The van der Waals surface area contributed by atoms with Gasteiger partial charge >= 0.3 is 5.97 Å². The van der Waals surface area contributed by atoms with Crippen molar-refractivity contribution in [2.24, 2.45) is 0 Å².